The Balaban J connectivity index is 1.82. The molecule has 35 heavy (non-hydrogen) atoms. The van der Waals surface area contributed by atoms with Gasteiger partial charge in [-0.3, -0.25) is 0 Å². The van der Waals surface area contributed by atoms with Crippen molar-refractivity contribution in [3.05, 3.63) is 16.7 Å². The van der Waals surface area contributed by atoms with E-state index in [2.05, 4.69) is 28.1 Å². The summed E-state index contributed by atoms with van der Waals surface area (Å²) in [5.41, 5.74) is 4.52. The van der Waals surface area contributed by atoms with Crippen LogP contribution >= 0.6 is 31.6 Å². The van der Waals surface area contributed by atoms with Crippen LogP contribution < -0.4 is 11.3 Å². The maximum absolute atomic E-state index is 12.0. The first-order valence-electron chi connectivity index (χ1n) is 8.83. The Kier molecular flexibility index (Phi) is 8.04. The van der Waals surface area contributed by atoms with Crippen LogP contribution in [-0.2, 0) is 36.1 Å². The van der Waals surface area contributed by atoms with Gasteiger partial charge in [-0.25, -0.2) is 0 Å². The van der Waals surface area contributed by atoms with Crippen molar-refractivity contribution in [3.63, 3.8) is 0 Å². The summed E-state index contributed by atoms with van der Waals surface area (Å²) in [5, 5.41) is 0. The SMILES string of the molecule is Nc1nc2c(ncn2C2CO[C@H](CO[PH](O)(O)OP(=O)(O)OP(=O)(O)O)C2OP(=O)(O)O)c(=O)[nH]1. The minimum absolute atomic E-state index is 0.104. The molecule has 0 amide bonds. The van der Waals surface area contributed by atoms with Crippen molar-refractivity contribution >= 4 is 48.8 Å². The number of rotatable bonds is 10. The zero-order valence-corrected chi connectivity index (χ0v) is 20.5. The summed E-state index contributed by atoms with van der Waals surface area (Å²) in [6.45, 7) is -1.36. The standard InChI is InChI=1S/C10H19N5O16P4/c11-10-13-8-6(9(16)14-10)12-3-15(8)4-1-27-5(7(4)29-32(17,18)19)2-28-34(23,24)31-35(25,26)30-33(20,21)22/h3-5,7,23-24,34H,1-2H2,(H,25,26)(H2,17,18,19)(H2,20,21,22)(H3,11,13,14,16)/t4?,5-,7?/m1/s1. The Bertz CT molecular complexity index is 1280. The van der Waals surface area contributed by atoms with Gasteiger partial charge in [0.05, 0.1) is 0 Å². The molecule has 1 aliphatic rings. The average molecular weight is 589 g/mol. The first-order valence-corrected chi connectivity index (χ1v) is 15.1. The fraction of sp³-hybridized carbons (Fsp3) is 0.500. The van der Waals surface area contributed by atoms with Gasteiger partial charge in [0.1, 0.15) is 0 Å². The molecule has 3 unspecified atom stereocenters. The second kappa shape index (κ2) is 9.92. The Hall–Kier alpha value is -1.21. The van der Waals surface area contributed by atoms with Gasteiger partial charge in [-0.2, -0.15) is 0 Å². The van der Waals surface area contributed by atoms with Crippen LogP contribution in [0.2, 0.25) is 0 Å². The summed E-state index contributed by atoms with van der Waals surface area (Å²) < 4.78 is 56.8. The molecule has 4 atom stereocenters. The molecule has 1 fully saturated rings. The third kappa shape index (κ3) is 7.64. The van der Waals surface area contributed by atoms with E-state index >= 15 is 0 Å². The van der Waals surface area contributed by atoms with E-state index in [1.54, 1.807) is 0 Å². The minimum atomic E-state index is -5.72. The number of aromatic amines is 1. The van der Waals surface area contributed by atoms with Gasteiger partial charge in [-0.1, -0.05) is 0 Å². The van der Waals surface area contributed by atoms with Crippen LogP contribution in [0, 0.1) is 0 Å². The van der Waals surface area contributed by atoms with Crippen LogP contribution in [-0.4, -0.2) is 79.2 Å². The Morgan fingerprint density at radius 2 is 1.86 bits per heavy atom. The zero-order valence-electron chi connectivity index (χ0n) is 16.8. The molecule has 0 aromatic carbocycles. The predicted octanol–water partition coefficient (Wildman–Crippen LogP) is -2.24. The number of hydrogen-bond donors (Lipinski definition) is 9. The monoisotopic (exact) mass is 589 g/mol. The van der Waals surface area contributed by atoms with Gasteiger partial charge in [0.15, 0.2) is 0 Å². The molecule has 0 saturated carbocycles. The van der Waals surface area contributed by atoms with Crippen LogP contribution in [0.15, 0.2) is 11.1 Å². The Morgan fingerprint density at radius 3 is 2.46 bits per heavy atom. The van der Waals surface area contributed by atoms with Gasteiger partial charge in [-0.15, -0.1) is 0 Å². The number of phosphoric acid groups is 3. The van der Waals surface area contributed by atoms with E-state index in [-0.39, 0.29) is 23.7 Å². The van der Waals surface area contributed by atoms with Gasteiger partial charge in [0.2, 0.25) is 0 Å². The summed E-state index contributed by atoms with van der Waals surface area (Å²) in [6, 6.07) is -1.13. The van der Waals surface area contributed by atoms with Crippen molar-refractivity contribution in [1.82, 2.24) is 19.5 Å². The van der Waals surface area contributed by atoms with E-state index < -0.39 is 62.1 Å². The van der Waals surface area contributed by atoms with E-state index in [9.17, 15) is 43.0 Å². The molecule has 200 valence electrons. The molecule has 3 rings (SSSR count). The molecular formula is C10H19N5O16P4. The van der Waals surface area contributed by atoms with Crippen LogP contribution in [0.3, 0.4) is 0 Å². The van der Waals surface area contributed by atoms with E-state index in [1.807, 2.05) is 0 Å². The zero-order chi connectivity index (χ0) is 26.4. The molecule has 0 bridgehead atoms. The Labute approximate surface area is 193 Å². The number of fused-ring (bicyclic) bond motifs is 1. The van der Waals surface area contributed by atoms with Gasteiger partial charge in [-0.05, 0) is 0 Å². The number of hydrogen-bond acceptors (Lipinski definition) is 14. The van der Waals surface area contributed by atoms with E-state index in [1.165, 1.54) is 0 Å². The molecule has 0 spiro atoms. The number of ether oxygens (including phenoxy) is 1. The molecular weight excluding hydrogens is 570 g/mol. The quantitative estimate of drug-likeness (QED) is 0.132. The number of nitrogens with zero attached hydrogens (tertiary/aromatic N) is 3. The predicted molar refractivity (Wildman–Crippen MR) is 111 cm³/mol. The molecule has 0 radical (unpaired) electrons. The summed E-state index contributed by atoms with van der Waals surface area (Å²) in [4.78, 5) is 86.4. The molecule has 2 aromatic rings. The molecule has 1 saturated heterocycles. The molecule has 1 aliphatic heterocycles. The van der Waals surface area contributed by atoms with Crippen molar-refractivity contribution in [1.29, 1.82) is 0 Å². The van der Waals surface area contributed by atoms with Crippen molar-refractivity contribution in [3.8, 4) is 0 Å². The summed E-state index contributed by atoms with van der Waals surface area (Å²) in [5.74, 6) is -0.296. The van der Waals surface area contributed by atoms with Crippen molar-refractivity contribution in [2.75, 3.05) is 18.9 Å². The number of nitrogen functional groups attached to an aromatic ring is 1. The molecule has 10 N–H and O–H groups in total. The van der Waals surface area contributed by atoms with Crippen molar-refractivity contribution in [2.45, 2.75) is 18.2 Å². The van der Waals surface area contributed by atoms with E-state index in [0.717, 1.165) is 10.9 Å². The van der Waals surface area contributed by atoms with E-state index in [4.69, 9.17) is 24.8 Å². The maximum atomic E-state index is 12.0. The first-order chi connectivity index (χ1) is 15.9. The summed E-state index contributed by atoms with van der Waals surface area (Å²) >= 11 is 0. The fourth-order valence-corrected chi connectivity index (χ4v) is 6.94. The number of nitrogens with one attached hydrogen (secondary N) is 1. The summed E-state index contributed by atoms with van der Waals surface area (Å²) in [7, 11) is -22.2. The topological polar surface area (TPSA) is 329 Å². The third-order valence-corrected chi connectivity index (χ3v) is 8.78. The second-order valence-electron chi connectivity index (χ2n) is 6.77. The molecule has 21 nitrogen and oxygen atoms in total. The fourth-order valence-electron chi connectivity index (χ4n) is 3.04. The van der Waals surface area contributed by atoms with Crippen LogP contribution in [0.4, 0.5) is 5.95 Å². The van der Waals surface area contributed by atoms with Crippen LogP contribution in [0.1, 0.15) is 6.04 Å². The van der Waals surface area contributed by atoms with Gasteiger partial charge < -0.3 is 0 Å². The van der Waals surface area contributed by atoms with E-state index in [0.29, 0.717) is 0 Å². The summed E-state index contributed by atoms with van der Waals surface area (Å²) in [6.07, 6.45) is -2.03. The van der Waals surface area contributed by atoms with Gasteiger partial charge in [0.25, 0.3) is 0 Å². The van der Waals surface area contributed by atoms with Gasteiger partial charge in [0, 0.05) is 0 Å². The molecule has 0 aliphatic carbocycles. The number of H-pyrrole nitrogens is 1. The molecule has 3 heterocycles. The average Bonchev–Trinajstić information content (AvgIpc) is 3.19. The number of nitrogens with two attached hydrogens (primary N) is 1. The second-order valence-corrected chi connectivity index (χ2v) is 12.6. The number of anilines is 1. The molecule has 2 aromatic heterocycles. The Morgan fingerprint density at radius 1 is 1.20 bits per heavy atom. The number of imidazole rings is 1. The van der Waals surface area contributed by atoms with Crippen LogP contribution in [0.5, 0.6) is 0 Å². The normalized spacial score (nSPS) is 24.0. The van der Waals surface area contributed by atoms with Crippen LogP contribution in [0.25, 0.3) is 11.2 Å². The number of aromatic nitrogens is 4. The molecule has 25 heteroatoms. The van der Waals surface area contributed by atoms with Crippen molar-refractivity contribution in [2.24, 2.45) is 0 Å². The number of phosphoric ester groups is 1. The third-order valence-electron chi connectivity index (χ3n) is 4.17. The van der Waals surface area contributed by atoms with Gasteiger partial charge >= 0.3 is 193 Å². The first kappa shape index (κ1) is 28.4. The van der Waals surface area contributed by atoms with Crippen molar-refractivity contribution < 1.29 is 70.4 Å².